The normalized spacial score (nSPS) is 16.0. The fourth-order valence-corrected chi connectivity index (χ4v) is 4.28. The Bertz CT molecular complexity index is 1040. The number of hydrogen-bond donors (Lipinski definition) is 0. The molecule has 11 heteroatoms. The molecule has 0 radical (unpaired) electrons. The second kappa shape index (κ2) is 6.74. The zero-order chi connectivity index (χ0) is 19.0. The van der Waals surface area contributed by atoms with Gasteiger partial charge in [0.2, 0.25) is 10.0 Å². The molecule has 1 aliphatic heterocycles. The maximum atomic E-state index is 12.5. The fraction of sp³-hybridized carbons (Fsp3) is 0.375. The van der Waals surface area contributed by atoms with Crippen LogP contribution in [0.2, 0.25) is 0 Å². The zero-order valence-electron chi connectivity index (χ0n) is 15.0. The summed E-state index contributed by atoms with van der Waals surface area (Å²) >= 11 is 0. The summed E-state index contributed by atoms with van der Waals surface area (Å²) in [4.78, 5) is 15.1. The van der Waals surface area contributed by atoms with Crippen LogP contribution in [0, 0.1) is 13.8 Å². The van der Waals surface area contributed by atoms with Crippen LogP contribution >= 0.6 is 0 Å². The van der Waals surface area contributed by atoms with Crippen molar-refractivity contribution in [2.75, 3.05) is 31.1 Å². The predicted octanol–water partition coefficient (Wildman–Crippen LogP) is 0.778. The summed E-state index contributed by atoms with van der Waals surface area (Å²) in [6.45, 7) is 5.71. The lowest BCUT2D eigenvalue weighted by Gasteiger charge is -2.34. The monoisotopic (exact) mass is 389 g/mol. The number of imidazole rings is 1. The molecule has 1 aliphatic rings. The van der Waals surface area contributed by atoms with Crippen LogP contribution in [0.4, 0.5) is 5.82 Å². The van der Waals surface area contributed by atoms with Crippen LogP contribution in [-0.4, -0.2) is 63.6 Å². The minimum atomic E-state index is -3.57. The number of aromatic nitrogens is 5. The Balaban J connectivity index is 1.51. The van der Waals surface area contributed by atoms with E-state index in [2.05, 4.69) is 24.6 Å². The van der Waals surface area contributed by atoms with Crippen molar-refractivity contribution in [2.45, 2.75) is 18.7 Å². The molecule has 142 valence electrons. The SMILES string of the molecule is Cc1ncn(-c2cc(N3CCN(S(=O)(=O)c4cnoc4)CC3)ncn2)c1C. The summed E-state index contributed by atoms with van der Waals surface area (Å²) in [7, 11) is -3.57. The number of rotatable bonds is 4. The quantitative estimate of drug-likeness (QED) is 0.644. The third kappa shape index (κ3) is 3.19. The number of nitrogens with zero attached hydrogens (tertiary/aromatic N) is 7. The highest BCUT2D eigenvalue weighted by Crippen LogP contribution is 2.21. The van der Waals surface area contributed by atoms with Gasteiger partial charge in [-0.1, -0.05) is 5.16 Å². The number of aryl methyl sites for hydroxylation is 1. The summed E-state index contributed by atoms with van der Waals surface area (Å²) in [6, 6.07) is 1.89. The molecule has 0 spiro atoms. The number of hydrogen-bond acceptors (Lipinski definition) is 8. The van der Waals surface area contributed by atoms with Crippen molar-refractivity contribution in [3.8, 4) is 5.82 Å². The van der Waals surface area contributed by atoms with E-state index in [4.69, 9.17) is 0 Å². The average Bonchev–Trinajstić information content (AvgIpc) is 3.34. The van der Waals surface area contributed by atoms with E-state index in [1.807, 2.05) is 29.4 Å². The van der Waals surface area contributed by atoms with Gasteiger partial charge in [-0.3, -0.25) is 4.57 Å². The van der Waals surface area contributed by atoms with E-state index >= 15 is 0 Å². The Morgan fingerprint density at radius 1 is 1.04 bits per heavy atom. The zero-order valence-corrected chi connectivity index (χ0v) is 15.8. The maximum absolute atomic E-state index is 12.5. The number of anilines is 1. The first kappa shape index (κ1) is 17.6. The Morgan fingerprint density at radius 2 is 1.78 bits per heavy atom. The summed E-state index contributed by atoms with van der Waals surface area (Å²) in [5.41, 5.74) is 1.96. The minimum Gasteiger partial charge on any atom is -0.363 e. The Morgan fingerprint density at radius 3 is 2.41 bits per heavy atom. The largest absolute Gasteiger partial charge is 0.363 e. The van der Waals surface area contributed by atoms with Gasteiger partial charge >= 0.3 is 0 Å². The van der Waals surface area contributed by atoms with Crippen molar-refractivity contribution in [3.63, 3.8) is 0 Å². The Hall–Kier alpha value is -2.79. The topological polar surface area (TPSA) is 110 Å². The molecule has 3 aromatic rings. The molecule has 10 nitrogen and oxygen atoms in total. The molecule has 0 unspecified atom stereocenters. The van der Waals surface area contributed by atoms with Crippen molar-refractivity contribution in [2.24, 2.45) is 0 Å². The lowest BCUT2D eigenvalue weighted by molar-refractivity contribution is 0.382. The summed E-state index contributed by atoms with van der Waals surface area (Å²) in [5, 5.41) is 3.48. The molecule has 1 fully saturated rings. The van der Waals surface area contributed by atoms with E-state index in [1.54, 1.807) is 6.33 Å². The van der Waals surface area contributed by atoms with Crippen LogP contribution in [0.3, 0.4) is 0 Å². The van der Waals surface area contributed by atoms with Crippen molar-refractivity contribution in [1.82, 2.24) is 29.0 Å². The van der Waals surface area contributed by atoms with Gasteiger partial charge in [-0.25, -0.2) is 23.4 Å². The molecule has 0 N–H and O–H groups in total. The highest BCUT2D eigenvalue weighted by molar-refractivity contribution is 7.89. The van der Waals surface area contributed by atoms with Gasteiger partial charge in [0.15, 0.2) is 0 Å². The maximum Gasteiger partial charge on any atom is 0.248 e. The van der Waals surface area contributed by atoms with Crippen molar-refractivity contribution >= 4 is 15.8 Å². The first-order valence-corrected chi connectivity index (χ1v) is 9.88. The molecule has 0 saturated carbocycles. The third-order valence-corrected chi connectivity index (χ3v) is 6.59. The van der Waals surface area contributed by atoms with Crippen LogP contribution in [0.25, 0.3) is 5.82 Å². The summed E-state index contributed by atoms with van der Waals surface area (Å²) < 4.78 is 33.1. The molecular formula is C16H19N7O3S. The van der Waals surface area contributed by atoms with Gasteiger partial charge in [0.05, 0.1) is 11.9 Å². The van der Waals surface area contributed by atoms with Crippen LogP contribution in [0.1, 0.15) is 11.4 Å². The van der Waals surface area contributed by atoms with Crippen molar-refractivity contribution in [3.05, 3.63) is 42.6 Å². The molecular weight excluding hydrogens is 370 g/mol. The van der Waals surface area contributed by atoms with E-state index in [1.165, 1.54) is 16.8 Å². The molecule has 0 amide bonds. The lowest BCUT2D eigenvalue weighted by atomic mass is 10.3. The first-order chi connectivity index (χ1) is 13.0. The van der Waals surface area contributed by atoms with E-state index in [9.17, 15) is 8.42 Å². The van der Waals surface area contributed by atoms with Gasteiger partial charge < -0.3 is 9.42 Å². The van der Waals surface area contributed by atoms with Crippen molar-refractivity contribution in [1.29, 1.82) is 0 Å². The lowest BCUT2D eigenvalue weighted by Crippen LogP contribution is -2.48. The van der Waals surface area contributed by atoms with E-state index < -0.39 is 10.0 Å². The van der Waals surface area contributed by atoms with Crippen LogP contribution in [-0.2, 0) is 10.0 Å². The Kier molecular flexibility index (Phi) is 4.40. The highest BCUT2D eigenvalue weighted by atomic mass is 32.2. The van der Waals surface area contributed by atoms with Gasteiger partial charge in [0.25, 0.3) is 0 Å². The molecule has 0 aliphatic carbocycles. The van der Waals surface area contributed by atoms with Gasteiger partial charge in [-0.05, 0) is 13.8 Å². The minimum absolute atomic E-state index is 0.0752. The van der Waals surface area contributed by atoms with Crippen LogP contribution in [0.5, 0.6) is 0 Å². The number of sulfonamides is 1. The predicted molar refractivity (Wildman–Crippen MR) is 96.1 cm³/mol. The van der Waals surface area contributed by atoms with Gasteiger partial charge in [-0.2, -0.15) is 4.31 Å². The molecule has 0 atom stereocenters. The molecule has 1 saturated heterocycles. The molecule has 3 aromatic heterocycles. The second-order valence-electron chi connectivity index (χ2n) is 6.27. The van der Waals surface area contributed by atoms with Gasteiger partial charge in [0.1, 0.15) is 35.4 Å². The Labute approximate surface area is 156 Å². The van der Waals surface area contributed by atoms with E-state index in [-0.39, 0.29) is 4.90 Å². The van der Waals surface area contributed by atoms with Crippen molar-refractivity contribution < 1.29 is 12.9 Å². The second-order valence-corrected chi connectivity index (χ2v) is 8.21. The number of piperazine rings is 1. The molecule has 0 aromatic carbocycles. The third-order valence-electron chi connectivity index (χ3n) is 4.75. The van der Waals surface area contributed by atoms with E-state index in [0.717, 1.165) is 29.3 Å². The molecule has 0 bridgehead atoms. The van der Waals surface area contributed by atoms with E-state index in [0.29, 0.717) is 26.2 Å². The highest BCUT2D eigenvalue weighted by Gasteiger charge is 2.30. The standard InChI is InChI=1S/C16H19N7O3S/c1-12-13(2)23(11-19-12)16-7-15(17-10-18-16)21-3-5-22(6-4-21)27(24,25)14-8-20-26-9-14/h7-11H,3-6H2,1-2H3. The molecule has 27 heavy (non-hydrogen) atoms. The van der Waals surface area contributed by atoms with Crippen LogP contribution < -0.4 is 4.90 Å². The van der Waals surface area contributed by atoms with Crippen LogP contribution in [0.15, 0.2) is 40.6 Å². The molecule has 4 heterocycles. The average molecular weight is 389 g/mol. The van der Waals surface area contributed by atoms with Gasteiger partial charge in [-0.15, -0.1) is 0 Å². The molecule has 4 rings (SSSR count). The van der Waals surface area contributed by atoms with Gasteiger partial charge in [0, 0.05) is 37.9 Å². The summed E-state index contributed by atoms with van der Waals surface area (Å²) in [6.07, 6.45) is 5.61. The smallest absolute Gasteiger partial charge is 0.248 e. The fourth-order valence-electron chi connectivity index (χ4n) is 3.00. The summed E-state index contributed by atoms with van der Waals surface area (Å²) in [5.74, 6) is 1.49. The first-order valence-electron chi connectivity index (χ1n) is 8.44.